The maximum atomic E-state index is 4.61. The van der Waals surface area contributed by atoms with Crippen LogP contribution in [-0.2, 0) is 0 Å². The Bertz CT molecular complexity index is 313. The van der Waals surface area contributed by atoms with Crippen molar-refractivity contribution in [1.29, 1.82) is 0 Å². The highest BCUT2D eigenvalue weighted by Gasteiger charge is 1.98. The predicted octanol–water partition coefficient (Wildman–Crippen LogP) is 2.84. The van der Waals surface area contributed by atoms with E-state index in [-0.39, 0.29) is 0 Å². The second-order valence-corrected chi connectivity index (χ2v) is 3.86. The number of benzene rings is 1. The van der Waals surface area contributed by atoms with Crippen LogP contribution in [0.3, 0.4) is 0 Å². The van der Waals surface area contributed by atoms with E-state index in [1.807, 2.05) is 6.07 Å². The largest absolute Gasteiger partial charge is 0.302 e. The normalized spacial score (nSPS) is 12.1. The van der Waals surface area contributed by atoms with E-state index in [2.05, 4.69) is 54.9 Å². The van der Waals surface area contributed by atoms with E-state index in [1.54, 1.807) is 0 Å². The highest BCUT2D eigenvalue weighted by molar-refractivity contribution is 5.98. The summed E-state index contributed by atoms with van der Waals surface area (Å²) in [7, 11) is 0. The Kier molecular flexibility index (Phi) is 5.79. The fourth-order valence-electron chi connectivity index (χ4n) is 1.67. The molecule has 0 aliphatic heterocycles. The van der Waals surface area contributed by atoms with Crippen molar-refractivity contribution in [2.75, 3.05) is 26.2 Å². The molecule has 0 amide bonds. The molecule has 88 valence electrons. The van der Waals surface area contributed by atoms with Gasteiger partial charge in [-0.2, -0.15) is 0 Å². The molecule has 0 aliphatic carbocycles. The lowest BCUT2D eigenvalue weighted by molar-refractivity contribution is 0.313. The van der Waals surface area contributed by atoms with Crippen molar-refractivity contribution in [1.82, 2.24) is 4.90 Å². The minimum Gasteiger partial charge on any atom is -0.302 e. The summed E-state index contributed by atoms with van der Waals surface area (Å²) in [5, 5.41) is 0. The maximum absolute atomic E-state index is 4.61. The van der Waals surface area contributed by atoms with Crippen LogP contribution >= 0.6 is 0 Å². The van der Waals surface area contributed by atoms with E-state index in [1.165, 1.54) is 5.56 Å². The van der Waals surface area contributed by atoms with E-state index >= 15 is 0 Å². The first kappa shape index (κ1) is 12.9. The number of hydrogen-bond acceptors (Lipinski definition) is 2. The fourth-order valence-corrected chi connectivity index (χ4v) is 1.67. The molecule has 0 radical (unpaired) electrons. The zero-order chi connectivity index (χ0) is 11.8. The average Bonchev–Trinajstić information content (AvgIpc) is 2.35. The topological polar surface area (TPSA) is 15.6 Å². The Morgan fingerprint density at radius 3 is 2.31 bits per heavy atom. The number of nitrogens with zero attached hydrogens (tertiary/aromatic N) is 2. The van der Waals surface area contributed by atoms with Gasteiger partial charge in [-0.15, -0.1) is 0 Å². The first-order valence-electron chi connectivity index (χ1n) is 6.06. The van der Waals surface area contributed by atoms with Gasteiger partial charge in [0.1, 0.15) is 0 Å². The molecule has 0 aliphatic rings. The Labute approximate surface area is 99.0 Å². The Balaban J connectivity index is 2.46. The first-order valence-corrected chi connectivity index (χ1v) is 6.06. The van der Waals surface area contributed by atoms with E-state index < -0.39 is 0 Å². The zero-order valence-corrected chi connectivity index (χ0v) is 10.6. The first-order chi connectivity index (χ1) is 7.77. The third-order valence-corrected chi connectivity index (χ3v) is 2.85. The van der Waals surface area contributed by atoms with Crippen molar-refractivity contribution in [2.24, 2.45) is 4.99 Å². The second kappa shape index (κ2) is 7.18. The standard InChI is InChI=1S/C14H22N2/c1-4-16(5-2)12-11-15-13(3)14-9-7-6-8-10-14/h6-10H,4-5,11-12H2,1-3H3. The monoisotopic (exact) mass is 218 g/mol. The van der Waals surface area contributed by atoms with Crippen LogP contribution in [-0.4, -0.2) is 36.8 Å². The number of rotatable bonds is 6. The van der Waals surface area contributed by atoms with Crippen LogP contribution in [0.25, 0.3) is 0 Å². The molecular weight excluding hydrogens is 196 g/mol. The smallest absolute Gasteiger partial charge is 0.0520 e. The highest BCUT2D eigenvalue weighted by Crippen LogP contribution is 2.00. The van der Waals surface area contributed by atoms with Crippen LogP contribution in [0.5, 0.6) is 0 Å². The Hall–Kier alpha value is -1.15. The number of aliphatic imine (C=N–C) groups is 1. The Morgan fingerprint density at radius 2 is 1.75 bits per heavy atom. The third-order valence-electron chi connectivity index (χ3n) is 2.85. The van der Waals surface area contributed by atoms with Gasteiger partial charge in [0, 0.05) is 12.3 Å². The maximum Gasteiger partial charge on any atom is 0.0520 e. The van der Waals surface area contributed by atoms with Gasteiger partial charge >= 0.3 is 0 Å². The quantitative estimate of drug-likeness (QED) is 0.670. The van der Waals surface area contributed by atoms with Crippen LogP contribution in [0.15, 0.2) is 35.3 Å². The van der Waals surface area contributed by atoms with Crippen molar-refractivity contribution >= 4 is 5.71 Å². The van der Waals surface area contributed by atoms with E-state index in [0.29, 0.717) is 0 Å². The molecule has 0 heterocycles. The molecule has 0 saturated heterocycles. The molecule has 1 aromatic carbocycles. The van der Waals surface area contributed by atoms with Gasteiger partial charge in [0.05, 0.1) is 6.54 Å². The molecular formula is C14H22N2. The molecule has 0 aromatic heterocycles. The fraction of sp³-hybridized carbons (Fsp3) is 0.500. The lowest BCUT2D eigenvalue weighted by atomic mass is 10.1. The lowest BCUT2D eigenvalue weighted by Gasteiger charge is -2.16. The molecule has 0 fully saturated rings. The van der Waals surface area contributed by atoms with Crippen LogP contribution in [0.4, 0.5) is 0 Å². The van der Waals surface area contributed by atoms with Crippen LogP contribution < -0.4 is 0 Å². The summed E-state index contributed by atoms with van der Waals surface area (Å²) in [5.74, 6) is 0. The van der Waals surface area contributed by atoms with Crippen molar-refractivity contribution < 1.29 is 0 Å². The highest BCUT2D eigenvalue weighted by atomic mass is 15.1. The summed E-state index contributed by atoms with van der Waals surface area (Å²) >= 11 is 0. The molecule has 0 bridgehead atoms. The molecule has 1 aromatic rings. The van der Waals surface area contributed by atoms with Crippen LogP contribution in [0.1, 0.15) is 26.3 Å². The van der Waals surface area contributed by atoms with Gasteiger partial charge in [0.15, 0.2) is 0 Å². The van der Waals surface area contributed by atoms with Crippen molar-refractivity contribution in [3.05, 3.63) is 35.9 Å². The second-order valence-electron chi connectivity index (χ2n) is 3.86. The van der Waals surface area contributed by atoms with Gasteiger partial charge in [-0.25, -0.2) is 0 Å². The minimum absolute atomic E-state index is 0.891. The molecule has 2 nitrogen and oxygen atoms in total. The van der Waals surface area contributed by atoms with E-state index in [4.69, 9.17) is 0 Å². The summed E-state index contributed by atoms with van der Waals surface area (Å²) < 4.78 is 0. The van der Waals surface area contributed by atoms with Crippen molar-refractivity contribution in [3.8, 4) is 0 Å². The molecule has 0 saturated carbocycles. The van der Waals surface area contributed by atoms with Gasteiger partial charge in [-0.1, -0.05) is 44.2 Å². The minimum atomic E-state index is 0.891. The van der Waals surface area contributed by atoms with Crippen LogP contribution in [0.2, 0.25) is 0 Å². The molecule has 1 rings (SSSR count). The summed E-state index contributed by atoms with van der Waals surface area (Å²) in [6.45, 7) is 10.6. The van der Waals surface area contributed by atoms with Gasteiger partial charge in [-0.05, 0) is 25.6 Å². The summed E-state index contributed by atoms with van der Waals surface area (Å²) in [6, 6.07) is 10.4. The summed E-state index contributed by atoms with van der Waals surface area (Å²) in [6.07, 6.45) is 0. The molecule has 16 heavy (non-hydrogen) atoms. The third kappa shape index (κ3) is 4.15. The number of hydrogen-bond donors (Lipinski definition) is 0. The van der Waals surface area contributed by atoms with Crippen LogP contribution in [0, 0.1) is 0 Å². The SMILES string of the molecule is CCN(CC)CCN=C(C)c1ccccc1. The summed E-state index contributed by atoms with van der Waals surface area (Å²) in [4.78, 5) is 7.00. The molecule has 2 heteroatoms. The predicted molar refractivity (Wildman–Crippen MR) is 71.3 cm³/mol. The van der Waals surface area contributed by atoms with E-state index in [0.717, 1.165) is 31.9 Å². The zero-order valence-electron chi connectivity index (χ0n) is 10.6. The molecule has 0 N–H and O–H groups in total. The summed E-state index contributed by atoms with van der Waals surface area (Å²) in [5.41, 5.74) is 2.36. The van der Waals surface area contributed by atoms with Crippen molar-refractivity contribution in [3.63, 3.8) is 0 Å². The van der Waals surface area contributed by atoms with Gasteiger partial charge in [0.2, 0.25) is 0 Å². The molecule has 0 unspecified atom stereocenters. The van der Waals surface area contributed by atoms with Gasteiger partial charge in [-0.3, -0.25) is 4.99 Å². The average molecular weight is 218 g/mol. The lowest BCUT2D eigenvalue weighted by Crippen LogP contribution is -2.25. The van der Waals surface area contributed by atoms with Gasteiger partial charge < -0.3 is 4.90 Å². The molecule has 0 spiro atoms. The van der Waals surface area contributed by atoms with E-state index in [9.17, 15) is 0 Å². The Morgan fingerprint density at radius 1 is 1.12 bits per heavy atom. The molecule has 0 atom stereocenters. The van der Waals surface area contributed by atoms with Gasteiger partial charge in [0.25, 0.3) is 0 Å². The van der Waals surface area contributed by atoms with Crippen molar-refractivity contribution in [2.45, 2.75) is 20.8 Å². The number of likely N-dealkylation sites (N-methyl/N-ethyl adjacent to an activating group) is 1.